The number of nitriles is 1. The third-order valence-electron chi connectivity index (χ3n) is 5.00. The van der Waals surface area contributed by atoms with Crippen molar-refractivity contribution >= 4 is 40.2 Å². The Kier molecular flexibility index (Phi) is 5.88. The van der Waals surface area contributed by atoms with Crippen LogP contribution in [0.5, 0.6) is 0 Å². The van der Waals surface area contributed by atoms with E-state index < -0.39 is 5.91 Å². The van der Waals surface area contributed by atoms with E-state index in [9.17, 15) is 10.1 Å². The predicted molar refractivity (Wildman–Crippen MR) is 126 cm³/mol. The fourth-order valence-corrected chi connectivity index (χ4v) is 3.79. The number of aryl methyl sites for hydroxylation is 1. The topological polar surface area (TPSA) is 57.8 Å². The highest BCUT2D eigenvalue weighted by Gasteiger charge is 2.13. The summed E-state index contributed by atoms with van der Waals surface area (Å²) in [6, 6.07) is 25.2. The van der Waals surface area contributed by atoms with Gasteiger partial charge in [-0.15, -0.1) is 0 Å². The molecule has 0 aliphatic carbocycles. The second-order valence-electron chi connectivity index (χ2n) is 7.35. The van der Waals surface area contributed by atoms with E-state index in [-0.39, 0.29) is 5.57 Å². The van der Waals surface area contributed by atoms with E-state index in [1.165, 1.54) is 11.1 Å². The van der Waals surface area contributed by atoms with Crippen LogP contribution in [0, 0.1) is 18.3 Å². The number of benzene rings is 3. The fraction of sp³-hybridized carbons (Fsp3) is 0.0769. The highest BCUT2D eigenvalue weighted by Crippen LogP contribution is 2.25. The molecular weight excluding hydrogens is 406 g/mol. The van der Waals surface area contributed by atoms with Gasteiger partial charge in [-0.2, -0.15) is 5.26 Å². The van der Waals surface area contributed by atoms with Crippen molar-refractivity contribution in [3.05, 3.63) is 106 Å². The first kappa shape index (κ1) is 20.5. The Hall–Kier alpha value is -3.81. The van der Waals surface area contributed by atoms with Crippen molar-refractivity contribution in [1.29, 1.82) is 5.26 Å². The van der Waals surface area contributed by atoms with Crippen LogP contribution in [0.3, 0.4) is 0 Å². The fourth-order valence-electron chi connectivity index (χ4n) is 3.60. The third kappa shape index (κ3) is 4.69. The molecule has 0 radical (unpaired) electrons. The van der Waals surface area contributed by atoms with Gasteiger partial charge in [0.1, 0.15) is 11.6 Å². The van der Waals surface area contributed by atoms with Gasteiger partial charge >= 0.3 is 0 Å². The summed E-state index contributed by atoms with van der Waals surface area (Å²) in [5.41, 5.74) is 4.83. The quantitative estimate of drug-likeness (QED) is 0.306. The summed E-state index contributed by atoms with van der Waals surface area (Å²) in [6.45, 7) is 2.77. The van der Waals surface area contributed by atoms with E-state index in [1.807, 2.05) is 42.6 Å². The maximum atomic E-state index is 12.7. The van der Waals surface area contributed by atoms with Crippen molar-refractivity contribution < 1.29 is 4.79 Å². The molecule has 1 amide bonds. The Morgan fingerprint density at radius 2 is 1.90 bits per heavy atom. The van der Waals surface area contributed by atoms with Gasteiger partial charge in [-0.1, -0.05) is 65.7 Å². The van der Waals surface area contributed by atoms with Crippen molar-refractivity contribution in [2.24, 2.45) is 0 Å². The van der Waals surface area contributed by atoms with Crippen LogP contribution in [0.2, 0.25) is 5.02 Å². The zero-order valence-corrected chi connectivity index (χ0v) is 17.7. The summed E-state index contributed by atoms with van der Waals surface area (Å²) in [5.74, 6) is -0.472. The van der Waals surface area contributed by atoms with Crippen LogP contribution in [0.15, 0.2) is 84.6 Å². The zero-order chi connectivity index (χ0) is 21.8. The SMILES string of the molecule is Cc1cccc(Cn2cc(/C=C(\C#N)C(=O)Nc3cccc(Cl)c3)c3ccccc32)c1. The van der Waals surface area contributed by atoms with Gasteiger partial charge in [0.25, 0.3) is 5.91 Å². The first-order valence-corrected chi connectivity index (χ1v) is 10.2. The number of nitrogens with zero attached hydrogens (tertiary/aromatic N) is 2. The maximum Gasteiger partial charge on any atom is 0.266 e. The van der Waals surface area contributed by atoms with Gasteiger partial charge in [0.05, 0.1) is 0 Å². The maximum absolute atomic E-state index is 12.7. The highest BCUT2D eigenvalue weighted by atomic mass is 35.5. The third-order valence-corrected chi connectivity index (χ3v) is 5.24. The minimum Gasteiger partial charge on any atom is -0.342 e. The molecule has 31 heavy (non-hydrogen) atoms. The molecule has 3 aromatic carbocycles. The summed E-state index contributed by atoms with van der Waals surface area (Å²) in [5, 5.41) is 13.9. The van der Waals surface area contributed by atoms with Crippen LogP contribution >= 0.6 is 11.6 Å². The van der Waals surface area contributed by atoms with E-state index in [0.717, 1.165) is 16.5 Å². The molecule has 4 rings (SSSR count). The minimum atomic E-state index is -0.472. The molecule has 152 valence electrons. The van der Waals surface area contributed by atoms with Crippen molar-refractivity contribution in [2.75, 3.05) is 5.32 Å². The molecule has 0 saturated heterocycles. The number of rotatable bonds is 5. The van der Waals surface area contributed by atoms with Gasteiger partial charge in [-0.3, -0.25) is 4.79 Å². The molecule has 4 nitrogen and oxygen atoms in total. The van der Waals surface area contributed by atoms with E-state index in [0.29, 0.717) is 17.3 Å². The first-order valence-electron chi connectivity index (χ1n) is 9.85. The predicted octanol–water partition coefficient (Wildman–Crippen LogP) is 6.20. The summed E-state index contributed by atoms with van der Waals surface area (Å²) < 4.78 is 2.14. The van der Waals surface area contributed by atoms with Gasteiger partial charge in [-0.25, -0.2) is 0 Å². The van der Waals surface area contributed by atoms with E-state index >= 15 is 0 Å². The number of amides is 1. The normalized spacial score (nSPS) is 11.3. The van der Waals surface area contributed by atoms with Crippen molar-refractivity contribution in [2.45, 2.75) is 13.5 Å². The number of anilines is 1. The Bertz CT molecular complexity index is 1340. The Labute approximate surface area is 186 Å². The molecule has 0 aliphatic rings. The van der Waals surface area contributed by atoms with Crippen LogP contribution in [0.25, 0.3) is 17.0 Å². The number of fused-ring (bicyclic) bond motifs is 1. The van der Waals surface area contributed by atoms with Crippen LogP contribution in [-0.2, 0) is 11.3 Å². The van der Waals surface area contributed by atoms with Crippen LogP contribution in [-0.4, -0.2) is 10.5 Å². The molecular formula is C26H20ClN3O. The number of carbonyl (C=O) groups is 1. The van der Waals surface area contributed by atoms with E-state index in [4.69, 9.17) is 11.6 Å². The summed E-state index contributed by atoms with van der Waals surface area (Å²) in [7, 11) is 0. The van der Waals surface area contributed by atoms with E-state index in [1.54, 1.807) is 30.3 Å². The minimum absolute atomic E-state index is 0.0263. The van der Waals surface area contributed by atoms with Gasteiger partial charge < -0.3 is 9.88 Å². The summed E-state index contributed by atoms with van der Waals surface area (Å²) >= 11 is 5.98. The summed E-state index contributed by atoms with van der Waals surface area (Å²) in [6.07, 6.45) is 3.62. The lowest BCUT2D eigenvalue weighted by atomic mass is 10.1. The molecule has 1 N–H and O–H groups in total. The Morgan fingerprint density at radius 1 is 1.10 bits per heavy atom. The second kappa shape index (κ2) is 8.91. The highest BCUT2D eigenvalue weighted by molar-refractivity contribution is 6.31. The standard InChI is InChI=1S/C26H20ClN3O/c1-18-6-4-7-19(12-18)16-30-17-21(24-10-2-3-11-25(24)30)13-20(15-28)26(31)29-23-9-5-8-22(27)14-23/h2-14,17H,16H2,1H3,(H,29,31)/b20-13+. The molecule has 0 atom stereocenters. The lowest BCUT2D eigenvalue weighted by Crippen LogP contribution is -2.13. The average Bonchev–Trinajstić information content (AvgIpc) is 3.09. The molecule has 0 saturated carbocycles. The lowest BCUT2D eigenvalue weighted by molar-refractivity contribution is -0.112. The van der Waals surface area contributed by atoms with Gasteiger partial charge in [-0.05, 0) is 42.8 Å². The number of hydrogen-bond acceptors (Lipinski definition) is 2. The molecule has 0 spiro atoms. The number of aromatic nitrogens is 1. The van der Waals surface area contributed by atoms with Crippen molar-refractivity contribution in [3.63, 3.8) is 0 Å². The molecule has 0 aliphatic heterocycles. The zero-order valence-electron chi connectivity index (χ0n) is 17.0. The molecule has 1 aromatic heterocycles. The van der Waals surface area contributed by atoms with Crippen molar-refractivity contribution in [1.82, 2.24) is 4.57 Å². The van der Waals surface area contributed by atoms with E-state index in [2.05, 4.69) is 35.0 Å². The van der Waals surface area contributed by atoms with Gasteiger partial charge in [0.15, 0.2) is 0 Å². The molecule has 0 bridgehead atoms. The van der Waals surface area contributed by atoms with Gasteiger partial charge in [0.2, 0.25) is 0 Å². The first-order chi connectivity index (χ1) is 15.0. The molecule has 0 fully saturated rings. The number of halogens is 1. The molecule has 4 aromatic rings. The van der Waals surface area contributed by atoms with Crippen LogP contribution < -0.4 is 5.32 Å². The second-order valence-corrected chi connectivity index (χ2v) is 7.79. The van der Waals surface area contributed by atoms with Crippen LogP contribution in [0.4, 0.5) is 5.69 Å². The number of carbonyl (C=O) groups excluding carboxylic acids is 1. The van der Waals surface area contributed by atoms with Crippen molar-refractivity contribution in [3.8, 4) is 6.07 Å². The molecule has 1 heterocycles. The van der Waals surface area contributed by atoms with Crippen LogP contribution in [0.1, 0.15) is 16.7 Å². The number of para-hydroxylation sites is 1. The smallest absolute Gasteiger partial charge is 0.266 e. The largest absolute Gasteiger partial charge is 0.342 e. The Morgan fingerprint density at radius 3 is 2.68 bits per heavy atom. The number of nitrogens with one attached hydrogen (secondary N) is 1. The molecule has 5 heteroatoms. The molecule has 0 unspecified atom stereocenters. The summed E-state index contributed by atoms with van der Waals surface area (Å²) in [4.78, 5) is 12.7. The number of hydrogen-bond donors (Lipinski definition) is 1. The monoisotopic (exact) mass is 425 g/mol. The Balaban J connectivity index is 1.68. The lowest BCUT2D eigenvalue weighted by Gasteiger charge is -2.06. The average molecular weight is 426 g/mol. The van der Waals surface area contributed by atoms with Gasteiger partial charge in [0, 0.05) is 39.9 Å².